The van der Waals surface area contributed by atoms with E-state index in [0.717, 1.165) is 20.9 Å². The minimum atomic E-state index is -4.22. The van der Waals surface area contributed by atoms with E-state index in [0.29, 0.717) is 16.6 Å². The molecule has 0 aliphatic rings. The molecule has 0 atom stereocenters. The highest BCUT2D eigenvalue weighted by Gasteiger charge is 2.30. The number of carbonyl (C=O) groups excluding carboxylic acids is 1. The molecule has 39 heavy (non-hydrogen) atoms. The van der Waals surface area contributed by atoms with Gasteiger partial charge in [0.25, 0.3) is 10.0 Å². The standard InChI is InChI=1S/C27H20Cl2N6O3S/c1-14-3-6-17(7-4-14)39(37,38)35-23-10-8-20(28)25(29)18(23)12-24(35)26(36)19-13-31-34(27(19)30)16-5-9-21-22(11-16)33-15(2)32-21/h3-13H,30H2,1-2H3,(H,32,33). The quantitative estimate of drug-likeness (QED) is 0.253. The van der Waals surface area contributed by atoms with Crippen LogP contribution in [0, 0.1) is 13.8 Å². The normalized spacial score (nSPS) is 12.0. The zero-order chi connectivity index (χ0) is 27.6. The Morgan fingerprint density at radius 3 is 2.49 bits per heavy atom. The topological polar surface area (TPSA) is 129 Å². The first-order valence-electron chi connectivity index (χ1n) is 11.7. The molecule has 0 saturated carbocycles. The molecule has 3 N–H and O–H groups in total. The van der Waals surface area contributed by atoms with Crippen molar-refractivity contribution in [2.75, 3.05) is 5.73 Å². The largest absolute Gasteiger partial charge is 0.383 e. The Morgan fingerprint density at radius 1 is 1.00 bits per heavy atom. The van der Waals surface area contributed by atoms with Crippen LogP contribution in [0.2, 0.25) is 10.0 Å². The number of anilines is 1. The van der Waals surface area contributed by atoms with Crippen LogP contribution in [0.3, 0.4) is 0 Å². The zero-order valence-corrected chi connectivity index (χ0v) is 22.9. The van der Waals surface area contributed by atoms with Crippen molar-refractivity contribution >= 4 is 66.8 Å². The van der Waals surface area contributed by atoms with Crippen LogP contribution < -0.4 is 5.73 Å². The van der Waals surface area contributed by atoms with Gasteiger partial charge in [0.05, 0.1) is 48.9 Å². The maximum atomic E-state index is 13.9. The number of nitrogen functional groups attached to an aromatic ring is 1. The number of rotatable bonds is 5. The molecule has 3 heterocycles. The zero-order valence-electron chi connectivity index (χ0n) is 20.6. The van der Waals surface area contributed by atoms with Gasteiger partial charge in [-0.1, -0.05) is 40.9 Å². The van der Waals surface area contributed by atoms with Gasteiger partial charge >= 0.3 is 0 Å². The van der Waals surface area contributed by atoms with Gasteiger partial charge in [0.15, 0.2) is 0 Å². The monoisotopic (exact) mass is 578 g/mol. The summed E-state index contributed by atoms with van der Waals surface area (Å²) in [7, 11) is -4.22. The lowest BCUT2D eigenvalue weighted by Crippen LogP contribution is -2.19. The Morgan fingerprint density at radius 2 is 1.74 bits per heavy atom. The molecule has 0 bridgehead atoms. The lowest BCUT2D eigenvalue weighted by molar-refractivity contribution is 0.103. The summed E-state index contributed by atoms with van der Waals surface area (Å²) >= 11 is 12.7. The number of carbonyl (C=O) groups is 1. The third-order valence-electron chi connectivity index (χ3n) is 6.50. The number of imidazole rings is 1. The number of nitrogens with zero attached hydrogens (tertiary/aromatic N) is 4. The molecule has 6 aromatic rings. The van der Waals surface area contributed by atoms with Crippen molar-refractivity contribution in [1.29, 1.82) is 0 Å². The van der Waals surface area contributed by atoms with E-state index in [9.17, 15) is 13.2 Å². The van der Waals surface area contributed by atoms with Crippen molar-refractivity contribution in [2.24, 2.45) is 0 Å². The average Bonchev–Trinajstić information content (AvgIpc) is 3.60. The molecule has 0 unspecified atom stereocenters. The fourth-order valence-electron chi connectivity index (χ4n) is 4.56. The van der Waals surface area contributed by atoms with Crippen LogP contribution in [-0.2, 0) is 10.0 Å². The number of hydrogen-bond donors (Lipinski definition) is 2. The number of nitrogens with one attached hydrogen (secondary N) is 1. The van der Waals surface area contributed by atoms with Crippen LogP contribution >= 0.6 is 23.2 Å². The second-order valence-corrected chi connectivity index (χ2v) is 11.7. The molecule has 0 amide bonds. The minimum absolute atomic E-state index is 0.0111. The first-order chi connectivity index (χ1) is 18.6. The fourth-order valence-corrected chi connectivity index (χ4v) is 6.44. The second kappa shape index (κ2) is 8.98. The Kier molecular flexibility index (Phi) is 5.79. The molecule has 3 aromatic heterocycles. The summed E-state index contributed by atoms with van der Waals surface area (Å²) in [5.74, 6) is 0.155. The maximum Gasteiger partial charge on any atom is 0.268 e. The average molecular weight is 579 g/mol. The molecule has 0 saturated heterocycles. The minimum Gasteiger partial charge on any atom is -0.383 e. The van der Waals surface area contributed by atoms with Gasteiger partial charge in [-0.2, -0.15) is 5.10 Å². The summed E-state index contributed by atoms with van der Waals surface area (Å²) in [6.45, 7) is 3.70. The lowest BCUT2D eigenvalue weighted by Gasteiger charge is -2.12. The first-order valence-corrected chi connectivity index (χ1v) is 13.9. The number of nitrogens with two attached hydrogens (primary N) is 1. The van der Waals surface area contributed by atoms with E-state index in [4.69, 9.17) is 28.9 Å². The molecular formula is C27H20Cl2N6O3S. The second-order valence-electron chi connectivity index (χ2n) is 9.11. The van der Waals surface area contributed by atoms with Crippen molar-refractivity contribution in [3.8, 4) is 5.69 Å². The number of aryl methyl sites for hydroxylation is 2. The van der Waals surface area contributed by atoms with Gasteiger partial charge in [-0.15, -0.1) is 0 Å². The fraction of sp³-hybridized carbons (Fsp3) is 0.0741. The third-order valence-corrected chi connectivity index (χ3v) is 9.06. The van der Waals surface area contributed by atoms with Crippen molar-refractivity contribution in [1.82, 2.24) is 23.7 Å². The van der Waals surface area contributed by atoms with Crippen molar-refractivity contribution < 1.29 is 13.2 Å². The molecular weight excluding hydrogens is 559 g/mol. The third kappa shape index (κ3) is 3.99. The van der Waals surface area contributed by atoms with Crippen LogP contribution in [0.25, 0.3) is 27.6 Å². The van der Waals surface area contributed by atoms with Gasteiger partial charge in [0.2, 0.25) is 5.78 Å². The number of ketones is 1. The molecule has 6 rings (SSSR count). The van der Waals surface area contributed by atoms with E-state index in [2.05, 4.69) is 15.1 Å². The van der Waals surface area contributed by atoms with Crippen LogP contribution in [0.1, 0.15) is 27.4 Å². The van der Waals surface area contributed by atoms with Gasteiger partial charge in [-0.3, -0.25) is 4.79 Å². The summed E-state index contributed by atoms with van der Waals surface area (Å²) in [5.41, 5.74) is 9.52. The van der Waals surface area contributed by atoms with Crippen LogP contribution in [-0.4, -0.2) is 37.9 Å². The van der Waals surface area contributed by atoms with E-state index in [1.54, 1.807) is 24.3 Å². The van der Waals surface area contributed by atoms with Gasteiger partial charge < -0.3 is 10.7 Å². The molecule has 0 fully saturated rings. The molecule has 0 spiro atoms. The number of aromatic nitrogens is 5. The first kappa shape index (κ1) is 25.2. The molecule has 0 aliphatic heterocycles. The molecule has 3 aromatic carbocycles. The Bertz CT molecular complexity index is 2060. The van der Waals surface area contributed by atoms with Gasteiger partial charge in [0, 0.05) is 5.39 Å². The van der Waals surface area contributed by atoms with E-state index in [-0.39, 0.29) is 37.5 Å². The molecule has 12 heteroatoms. The van der Waals surface area contributed by atoms with E-state index < -0.39 is 15.8 Å². The number of hydrogen-bond acceptors (Lipinski definition) is 6. The van der Waals surface area contributed by atoms with Gasteiger partial charge in [-0.05, 0) is 62.4 Å². The van der Waals surface area contributed by atoms with E-state index in [1.807, 2.05) is 19.9 Å². The van der Waals surface area contributed by atoms with Crippen LogP contribution in [0.15, 0.2) is 71.8 Å². The molecule has 9 nitrogen and oxygen atoms in total. The number of benzene rings is 3. The predicted molar refractivity (Wildman–Crippen MR) is 152 cm³/mol. The number of halogens is 2. The summed E-state index contributed by atoms with van der Waals surface area (Å²) in [5, 5.41) is 4.99. The highest BCUT2D eigenvalue weighted by atomic mass is 35.5. The summed E-state index contributed by atoms with van der Waals surface area (Å²) in [6.07, 6.45) is 1.31. The smallest absolute Gasteiger partial charge is 0.268 e. The van der Waals surface area contributed by atoms with Crippen molar-refractivity contribution in [3.63, 3.8) is 0 Å². The van der Waals surface area contributed by atoms with Crippen molar-refractivity contribution in [2.45, 2.75) is 18.7 Å². The molecule has 196 valence electrons. The van der Waals surface area contributed by atoms with E-state index in [1.165, 1.54) is 41.2 Å². The number of fused-ring (bicyclic) bond motifs is 2. The molecule has 0 radical (unpaired) electrons. The summed E-state index contributed by atoms with van der Waals surface area (Å²) < 4.78 is 30.2. The highest BCUT2D eigenvalue weighted by molar-refractivity contribution is 7.90. The number of H-pyrrole nitrogens is 1. The SMILES string of the molecule is Cc1ccc(S(=O)(=O)n2c(C(=O)c3cnn(-c4ccc5[nH]c(C)nc5c4)c3N)cc3c(Cl)c(Cl)ccc32)cc1. The maximum absolute atomic E-state index is 13.9. The lowest BCUT2D eigenvalue weighted by atomic mass is 10.1. The summed E-state index contributed by atoms with van der Waals surface area (Å²) in [6, 6.07) is 16.2. The summed E-state index contributed by atoms with van der Waals surface area (Å²) in [4.78, 5) is 21.5. The van der Waals surface area contributed by atoms with Crippen LogP contribution in [0.4, 0.5) is 5.82 Å². The Balaban J connectivity index is 1.53. The van der Waals surface area contributed by atoms with Gasteiger partial charge in [-0.25, -0.2) is 22.1 Å². The number of aromatic amines is 1. The predicted octanol–water partition coefficient (Wildman–Crippen LogP) is 5.68. The Labute approximate surface area is 232 Å². The Hall–Kier alpha value is -4.12. The van der Waals surface area contributed by atoms with Gasteiger partial charge in [0.1, 0.15) is 17.3 Å². The van der Waals surface area contributed by atoms with E-state index >= 15 is 0 Å². The molecule has 0 aliphatic carbocycles. The highest BCUT2D eigenvalue weighted by Crippen LogP contribution is 2.36. The van der Waals surface area contributed by atoms with Crippen molar-refractivity contribution in [3.05, 3.63) is 99.6 Å². The van der Waals surface area contributed by atoms with Crippen LogP contribution in [0.5, 0.6) is 0 Å².